The maximum absolute atomic E-state index is 11.7. The molecule has 3 heteroatoms. The van der Waals surface area contributed by atoms with Crippen LogP contribution in [0.3, 0.4) is 0 Å². The number of rotatable bonds is 8. The van der Waals surface area contributed by atoms with Crippen molar-refractivity contribution in [2.24, 2.45) is 0 Å². The molecule has 1 rings (SSSR count). The number of nitrogens with one attached hydrogen (secondary N) is 1. The predicted octanol–water partition coefficient (Wildman–Crippen LogP) is 4.93. The summed E-state index contributed by atoms with van der Waals surface area (Å²) in [6.45, 7) is 9.05. The molecule has 0 aliphatic rings. The fraction of sp³-hybridized carbons (Fsp3) is 0.500. The van der Waals surface area contributed by atoms with E-state index >= 15 is 0 Å². The number of amides is 1. The van der Waals surface area contributed by atoms with Crippen LogP contribution in [0.2, 0.25) is 0 Å². The van der Waals surface area contributed by atoms with Crippen LogP contribution in [0.25, 0.3) is 4.85 Å². The average Bonchev–Trinajstić information content (AvgIpc) is 2.43. The smallest absolute Gasteiger partial charge is 0.224 e. The van der Waals surface area contributed by atoms with E-state index in [1.807, 2.05) is 0 Å². The second-order valence-electron chi connectivity index (χ2n) is 4.72. The molecule has 0 heterocycles. The summed E-state index contributed by atoms with van der Waals surface area (Å²) in [7, 11) is 0. The van der Waals surface area contributed by atoms with Crippen LogP contribution in [0.5, 0.6) is 0 Å². The van der Waals surface area contributed by atoms with Gasteiger partial charge in [-0.2, -0.15) is 0 Å². The van der Waals surface area contributed by atoms with Crippen LogP contribution in [0.1, 0.15) is 51.9 Å². The first kappa shape index (κ1) is 15.2. The van der Waals surface area contributed by atoms with Gasteiger partial charge in [0.1, 0.15) is 0 Å². The van der Waals surface area contributed by atoms with Crippen molar-refractivity contribution in [1.29, 1.82) is 0 Å². The number of hydrogen-bond donors (Lipinski definition) is 1. The number of carbonyl (C=O) groups excluding carboxylic acids is 1. The molecule has 0 spiro atoms. The number of unbranched alkanes of at least 4 members (excludes halogenated alkanes) is 5. The van der Waals surface area contributed by atoms with Crippen LogP contribution in [-0.4, -0.2) is 5.91 Å². The van der Waals surface area contributed by atoms with Crippen molar-refractivity contribution in [1.82, 2.24) is 0 Å². The fourth-order valence-corrected chi connectivity index (χ4v) is 1.91. The highest BCUT2D eigenvalue weighted by atomic mass is 16.1. The summed E-state index contributed by atoms with van der Waals surface area (Å²) in [5.74, 6) is 0.0612. The molecule has 1 aromatic carbocycles. The van der Waals surface area contributed by atoms with Gasteiger partial charge in [-0.1, -0.05) is 51.2 Å². The van der Waals surface area contributed by atoms with E-state index in [-0.39, 0.29) is 5.91 Å². The molecule has 0 unspecified atom stereocenters. The molecular weight excluding hydrogens is 236 g/mol. The second-order valence-corrected chi connectivity index (χ2v) is 4.72. The predicted molar refractivity (Wildman–Crippen MR) is 79.3 cm³/mol. The Labute approximate surface area is 115 Å². The van der Waals surface area contributed by atoms with Gasteiger partial charge in [0.15, 0.2) is 5.69 Å². The van der Waals surface area contributed by atoms with E-state index in [9.17, 15) is 4.79 Å². The molecule has 1 aromatic rings. The van der Waals surface area contributed by atoms with Gasteiger partial charge in [-0.25, -0.2) is 4.85 Å². The summed E-state index contributed by atoms with van der Waals surface area (Å²) in [6, 6.07) is 6.97. The van der Waals surface area contributed by atoms with Gasteiger partial charge in [0, 0.05) is 12.1 Å². The van der Waals surface area contributed by atoms with Gasteiger partial charge in [0.2, 0.25) is 5.91 Å². The van der Waals surface area contributed by atoms with Crippen molar-refractivity contribution in [3.63, 3.8) is 0 Å². The molecule has 102 valence electrons. The Hall–Kier alpha value is -1.82. The Kier molecular flexibility index (Phi) is 7.34. The number of hydrogen-bond acceptors (Lipinski definition) is 1. The molecule has 0 aliphatic carbocycles. The first-order valence-corrected chi connectivity index (χ1v) is 7.03. The second kappa shape index (κ2) is 9.16. The standard InChI is InChI=1S/C16H22N2O/c1-3-4-5-6-7-8-9-16(19)18-15-12-10-14(17-2)11-13-15/h10-13H,3-9H2,1H3,(H,18,19). The van der Waals surface area contributed by atoms with E-state index in [1.54, 1.807) is 24.3 Å². The monoisotopic (exact) mass is 258 g/mol. The minimum absolute atomic E-state index is 0.0612. The van der Waals surface area contributed by atoms with Crippen molar-refractivity contribution in [2.75, 3.05) is 5.32 Å². The first-order chi connectivity index (χ1) is 9.26. The van der Waals surface area contributed by atoms with Gasteiger partial charge >= 0.3 is 0 Å². The number of benzene rings is 1. The fourth-order valence-electron chi connectivity index (χ4n) is 1.91. The molecule has 1 amide bonds. The van der Waals surface area contributed by atoms with Crippen LogP contribution in [-0.2, 0) is 4.79 Å². The van der Waals surface area contributed by atoms with Crippen LogP contribution >= 0.6 is 0 Å². The molecule has 0 aromatic heterocycles. The summed E-state index contributed by atoms with van der Waals surface area (Å²) >= 11 is 0. The molecule has 0 radical (unpaired) electrons. The molecule has 0 atom stereocenters. The summed E-state index contributed by atoms with van der Waals surface area (Å²) in [5, 5.41) is 2.85. The van der Waals surface area contributed by atoms with Crippen molar-refractivity contribution >= 4 is 17.3 Å². The zero-order valence-corrected chi connectivity index (χ0v) is 11.6. The van der Waals surface area contributed by atoms with Crippen LogP contribution in [0, 0.1) is 6.57 Å². The molecule has 3 nitrogen and oxygen atoms in total. The lowest BCUT2D eigenvalue weighted by Crippen LogP contribution is -2.10. The topological polar surface area (TPSA) is 33.5 Å². The Morgan fingerprint density at radius 1 is 1.11 bits per heavy atom. The van der Waals surface area contributed by atoms with Crippen LogP contribution in [0.4, 0.5) is 11.4 Å². The molecule has 0 aliphatic heterocycles. The molecule has 0 fully saturated rings. The summed E-state index contributed by atoms with van der Waals surface area (Å²) < 4.78 is 0. The number of nitrogens with zero attached hydrogens (tertiary/aromatic N) is 1. The van der Waals surface area contributed by atoms with E-state index in [4.69, 9.17) is 6.57 Å². The number of anilines is 1. The van der Waals surface area contributed by atoms with Gasteiger partial charge in [-0.15, -0.1) is 0 Å². The molecular formula is C16H22N2O. The quantitative estimate of drug-likeness (QED) is 0.520. The molecule has 0 saturated carbocycles. The van der Waals surface area contributed by atoms with Gasteiger partial charge in [-0.3, -0.25) is 4.79 Å². The van der Waals surface area contributed by atoms with Crippen molar-refractivity contribution in [3.8, 4) is 0 Å². The van der Waals surface area contributed by atoms with E-state index in [1.165, 1.54) is 25.7 Å². The maximum atomic E-state index is 11.7. The molecule has 19 heavy (non-hydrogen) atoms. The third kappa shape index (κ3) is 6.61. The lowest BCUT2D eigenvalue weighted by atomic mass is 10.1. The lowest BCUT2D eigenvalue weighted by molar-refractivity contribution is -0.116. The van der Waals surface area contributed by atoms with E-state index in [2.05, 4.69) is 17.1 Å². The summed E-state index contributed by atoms with van der Waals surface area (Å²) in [5.41, 5.74) is 1.36. The van der Waals surface area contributed by atoms with Gasteiger partial charge in [0.05, 0.1) is 6.57 Å². The Morgan fingerprint density at radius 3 is 2.37 bits per heavy atom. The van der Waals surface area contributed by atoms with E-state index in [0.717, 1.165) is 18.5 Å². The lowest BCUT2D eigenvalue weighted by Gasteiger charge is -2.05. The van der Waals surface area contributed by atoms with Crippen LogP contribution < -0.4 is 5.32 Å². The molecule has 1 N–H and O–H groups in total. The highest BCUT2D eigenvalue weighted by molar-refractivity contribution is 5.90. The third-order valence-electron chi connectivity index (χ3n) is 3.04. The molecule has 0 bridgehead atoms. The minimum Gasteiger partial charge on any atom is -0.326 e. The number of carbonyl (C=O) groups is 1. The summed E-state index contributed by atoms with van der Waals surface area (Å²) in [6.07, 6.45) is 7.70. The first-order valence-electron chi connectivity index (χ1n) is 7.03. The zero-order valence-electron chi connectivity index (χ0n) is 11.6. The van der Waals surface area contributed by atoms with Crippen molar-refractivity contribution in [3.05, 3.63) is 35.7 Å². The maximum Gasteiger partial charge on any atom is 0.224 e. The minimum atomic E-state index is 0.0612. The van der Waals surface area contributed by atoms with E-state index in [0.29, 0.717) is 12.1 Å². The van der Waals surface area contributed by atoms with Crippen LogP contribution in [0.15, 0.2) is 24.3 Å². The average molecular weight is 258 g/mol. The molecule has 0 saturated heterocycles. The Bertz CT molecular complexity index is 417. The Morgan fingerprint density at radius 2 is 1.74 bits per heavy atom. The highest BCUT2D eigenvalue weighted by Gasteiger charge is 2.02. The highest BCUT2D eigenvalue weighted by Crippen LogP contribution is 2.16. The van der Waals surface area contributed by atoms with Gasteiger partial charge in [0.25, 0.3) is 0 Å². The normalized spacial score (nSPS) is 9.89. The Balaban J connectivity index is 2.18. The van der Waals surface area contributed by atoms with Gasteiger partial charge in [-0.05, 0) is 18.6 Å². The summed E-state index contributed by atoms with van der Waals surface area (Å²) in [4.78, 5) is 15.0. The SMILES string of the molecule is [C-]#[N+]c1ccc(NC(=O)CCCCCCCC)cc1. The van der Waals surface area contributed by atoms with Crippen molar-refractivity contribution in [2.45, 2.75) is 51.9 Å². The zero-order chi connectivity index (χ0) is 13.9. The van der Waals surface area contributed by atoms with Gasteiger partial charge < -0.3 is 5.32 Å². The van der Waals surface area contributed by atoms with E-state index < -0.39 is 0 Å². The third-order valence-corrected chi connectivity index (χ3v) is 3.04. The largest absolute Gasteiger partial charge is 0.326 e. The van der Waals surface area contributed by atoms with Crippen molar-refractivity contribution < 1.29 is 4.79 Å².